The van der Waals surface area contributed by atoms with Gasteiger partial charge in [0, 0.05) is 18.9 Å². The fourth-order valence-electron chi connectivity index (χ4n) is 1.89. The van der Waals surface area contributed by atoms with Crippen molar-refractivity contribution < 1.29 is 14.3 Å². The molecule has 0 saturated heterocycles. The molecule has 21 heavy (non-hydrogen) atoms. The summed E-state index contributed by atoms with van der Waals surface area (Å²) in [5.41, 5.74) is 2.38. The number of carbonyl (C=O) groups is 1. The average molecular weight is 306 g/mol. The van der Waals surface area contributed by atoms with E-state index in [1.807, 2.05) is 20.0 Å². The molecule has 4 nitrogen and oxygen atoms in total. The highest BCUT2D eigenvalue weighted by Gasteiger charge is 2.07. The van der Waals surface area contributed by atoms with Crippen molar-refractivity contribution in [2.75, 3.05) is 0 Å². The molecule has 2 rings (SSSR count). The molecule has 0 fully saturated rings. The molecule has 0 bridgehead atoms. The number of rotatable bonds is 5. The molecule has 1 aromatic carbocycles. The predicted molar refractivity (Wildman–Crippen MR) is 80.6 cm³/mol. The fourth-order valence-corrected chi connectivity index (χ4v) is 2.93. The zero-order valence-corrected chi connectivity index (χ0v) is 12.5. The van der Waals surface area contributed by atoms with Gasteiger partial charge in [-0.05, 0) is 42.3 Å². The van der Waals surface area contributed by atoms with Crippen molar-refractivity contribution in [1.82, 2.24) is 9.78 Å². The van der Waals surface area contributed by atoms with Crippen LogP contribution in [0.3, 0.4) is 0 Å². The molecule has 0 saturated carbocycles. The molecule has 1 heterocycles. The van der Waals surface area contributed by atoms with Crippen LogP contribution in [0.15, 0.2) is 35.4 Å². The number of hydrogen-bond donors (Lipinski definition) is 1. The zero-order chi connectivity index (χ0) is 15.4. The summed E-state index contributed by atoms with van der Waals surface area (Å²) in [4.78, 5) is 10.6. The van der Waals surface area contributed by atoms with Gasteiger partial charge in [-0.3, -0.25) is 4.68 Å². The minimum atomic E-state index is -1.06. The second kappa shape index (κ2) is 6.58. The second-order valence-corrected chi connectivity index (χ2v) is 5.55. The molecule has 2 aromatic rings. The van der Waals surface area contributed by atoms with Crippen LogP contribution in [0.4, 0.5) is 4.39 Å². The lowest BCUT2D eigenvalue weighted by Gasteiger charge is -2.06. The van der Waals surface area contributed by atoms with E-state index in [1.54, 1.807) is 22.5 Å². The highest BCUT2D eigenvalue weighted by Crippen LogP contribution is 2.25. The van der Waals surface area contributed by atoms with Crippen molar-refractivity contribution in [3.63, 3.8) is 0 Å². The molecular formula is C15H15FN2O2S. The summed E-state index contributed by atoms with van der Waals surface area (Å²) >= 11 is 1.57. The standard InChI is InChI=1S/C15H15FN2O2S/c1-10-7-14(18(2)17-10)21-9-12-3-5-13(16)8-11(12)4-6-15(19)20/h3-8H,9H2,1-2H3,(H,19,20). The van der Waals surface area contributed by atoms with E-state index in [-0.39, 0.29) is 5.82 Å². The first-order chi connectivity index (χ1) is 9.95. The Morgan fingerprint density at radius 3 is 2.86 bits per heavy atom. The topological polar surface area (TPSA) is 55.1 Å². The molecule has 0 aliphatic rings. The monoisotopic (exact) mass is 306 g/mol. The Kier molecular flexibility index (Phi) is 4.80. The van der Waals surface area contributed by atoms with Crippen LogP contribution in [0.5, 0.6) is 0 Å². The lowest BCUT2D eigenvalue weighted by atomic mass is 10.1. The quantitative estimate of drug-likeness (QED) is 0.680. The van der Waals surface area contributed by atoms with Crippen LogP contribution in [0.25, 0.3) is 6.08 Å². The smallest absolute Gasteiger partial charge is 0.328 e. The Bertz CT molecular complexity index is 695. The highest BCUT2D eigenvalue weighted by atomic mass is 32.2. The maximum Gasteiger partial charge on any atom is 0.328 e. The van der Waals surface area contributed by atoms with E-state index in [0.29, 0.717) is 11.3 Å². The number of aryl methyl sites for hydroxylation is 2. The molecule has 0 unspecified atom stereocenters. The zero-order valence-electron chi connectivity index (χ0n) is 11.7. The molecule has 0 aliphatic carbocycles. The molecular weight excluding hydrogens is 291 g/mol. The van der Waals surface area contributed by atoms with Crippen molar-refractivity contribution in [2.24, 2.45) is 7.05 Å². The Labute approximate surface area is 126 Å². The number of aliphatic carboxylic acids is 1. The molecule has 1 N–H and O–H groups in total. The number of halogens is 1. The van der Waals surface area contributed by atoms with Crippen LogP contribution < -0.4 is 0 Å². The largest absolute Gasteiger partial charge is 0.478 e. The minimum absolute atomic E-state index is 0.384. The maximum absolute atomic E-state index is 13.3. The molecule has 1 aromatic heterocycles. The average Bonchev–Trinajstić information content (AvgIpc) is 2.73. The van der Waals surface area contributed by atoms with Gasteiger partial charge < -0.3 is 5.11 Å². The number of hydrogen-bond acceptors (Lipinski definition) is 3. The van der Waals surface area contributed by atoms with Gasteiger partial charge in [-0.2, -0.15) is 5.10 Å². The first-order valence-electron chi connectivity index (χ1n) is 6.28. The van der Waals surface area contributed by atoms with Gasteiger partial charge in [0.05, 0.1) is 10.7 Å². The second-order valence-electron chi connectivity index (χ2n) is 4.55. The van der Waals surface area contributed by atoms with Gasteiger partial charge in [0.15, 0.2) is 0 Å². The third-order valence-electron chi connectivity index (χ3n) is 2.85. The first kappa shape index (κ1) is 15.3. The van der Waals surface area contributed by atoms with Crippen LogP contribution in [0.1, 0.15) is 16.8 Å². The van der Waals surface area contributed by atoms with E-state index in [4.69, 9.17) is 5.11 Å². The van der Waals surface area contributed by atoms with Crippen molar-refractivity contribution in [2.45, 2.75) is 17.7 Å². The summed E-state index contributed by atoms with van der Waals surface area (Å²) in [5.74, 6) is -0.830. The molecule has 110 valence electrons. The van der Waals surface area contributed by atoms with Crippen LogP contribution >= 0.6 is 11.8 Å². The molecule has 0 spiro atoms. The Hall–Kier alpha value is -2.08. The van der Waals surface area contributed by atoms with Gasteiger partial charge in [-0.15, -0.1) is 11.8 Å². The van der Waals surface area contributed by atoms with Gasteiger partial charge in [0.1, 0.15) is 5.82 Å². The summed E-state index contributed by atoms with van der Waals surface area (Å²) in [5, 5.41) is 14.0. The number of thioether (sulfide) groups is 1. The van der Waals surface area contributed by atoms with Gasteiger partial charge >= 0.3 is 5.97 Å². The van der Waals surface area contributed by atoms with Gasteiger partial charge in [0.2, 0.25) is 0 Å². The van der Waals surface area contributed by atoms with E-state index in [9.17, 15) is 9.18 Å². The lowest BCUT2D eigenvalue weighted by molar-refractivity contribution is -0.131. The maximum atomic E-state index is 13.3. The molecule has 0 amide bonds. The SMILES string of the molecule is Cc1cc(SCc2ccc(F)cc2C=CC(=O)O)n(C)n1. The van der Waals surface area contributed by atoms with Crippen molar-refractivity contribution in [1.29, 1.82) is 0 Å². The van der Waals surface area contributed by atoms with Gasteiger partial charge in [-0.1, -0.05) is 6.07 Å². The molecule has 6 heteroatoms. The van der Waals surface area contributed by atoms with Crippen molar-refractivity contribution in [3.05, 3.63) is 53.0 Å². The third kappa shape index (κ3) is 4.19. The number of carboxylic acid groups (broad SMARTS) is 1. The summed E-state index contributed by atoms with van der Waals surface area (Å²) < 4.78 is 15.1. The van der Waals surface area contributed by atoms with E-state index in [2.05, 4.69) is 5.10 Å². The Morgan fingerprint density at radius 1 is 1.48 bits per heavy atom. The molecule has 0 atom stereocenters. The summed E-state index contributed by atoms with van der Waals surface area (Å²) in [6, 6.07) is 6.36. The van der Waals surface area contributed by atoms with Crippen molar-refractivity contribution >= 4 is 23.8 Å². The summed E-state index contributed by atoms with van der Waals surface area (Å²) in [7, 11) is 1.87. The van der Waals surface area contributed by atoms with E-state index >= 15 is 0 Å². The minimum Gasteiger partial charge on any atom is -0.478 e. The number of nitrogens with zero attached hydrogens (tertiary/aromatic N) is 2. The number of benzene rings is 1. The Morgan fingerprint density at radius 2 is 2.24 bits per heavy atom. The summed E-state index contributed by atoms with van der Waals surface area (Å²) in [6.07, 6.45) is 2.42. The van der Waals surface area contributed by atoms with Gasteiger partial charge in [-0.25, -0.2) is 9.18 Å². The van der Waals surface area contributed by atoms with Crippen LogP contribution in [0.2, 0.25) is 0 Å². The normalized spacial score (nSPS) is 11.2. The van der Waals surface area contributed by atoms with Gasteiger partial charge in [0.25, 0.3) is 0 Å². The predicted octanol–water partition coefficient (Wildman–Crippen LogP) is 3.26. The van der Waals surface area contributed by atoms with E-state index in [1.165, 1.54) is 18.2 Å². The highest BCUT2D eigenvalue weighted by molar-refractivity contribution is 7.98. The van der Waals surface area contributed by atoms with Crippen LogP contribution in [-0.2, 0) is 17.6 Å². The van der Waals surface area contributed by atoms with E-state index < -0.39 is 5.97 Å². The van der Waals surface area contributed by atoms with Crippen molar-refractivity contribution in [3.8, 4) is 0 Å². The number of aromatic nitrogens is 2. The lowest BCUT2D eigenvalue weighted by Crippen LogP contribution is -1.94. The van der Waals surface area contributed by atoms with E-state index in [0.717, 1.165) is 22.4 Å². The molecule has 0 aliphatic heterocycles. The number of carboxylic acids is 1. The van der Waals surface area contributed by atoms with Crippen LogP contribution in [-0.4, -0.2) is 20.9 Å². The third-order valence-corrected chi connectivity index (χ3v) is 3.98. The first-order valence-corrected chi connectivity index (χ1v) is 7.27. The van der Waals surface area contributed by atoms with Crippen LogP contribution in [0, 0.1) is 12.7 Å². The fraction of sp³-hybridized carbons (Fsp3) is 0.200. The Balaban J connectivity index is 2.19. The molecule has 0 radical (unpaired) electrons. The summed E-state index contributed by atoms with van der Waals surface area (Å²) in [6.45, 7) is 1.92.